The SMILES string of the molecule is COC(=O)P(C(=O)OC)C(=O)OC. The number of ether oxygens (including phenoxy) is 3. The third-order valence-electron chi connectivity index (χ3n) is 1.07. The van der Waals surface area contributed by atoms with Crippen LogP contribution in [0.3, 0.4) is 0 Å². The van der Waals surface area contributed by atoms with E-state index in [1.165, 1.54) is 0 Å². The lowest BCUT2D eigenvalue weighted by molar-refractivity contribution is 0.185. The maximum absolute atomic E-state index is 10.9. The zero-order chi connectivity index (χ0) is 10.4. The van der Waals surface area contributed by atoms with Crippen LogP contribution in [0.2, 0.25) is 0 Å². The molecule has 0 amide bonds. The van der Waals surface area contributed by atoms with Crippen molar-refractivity contribution in [1.29, 1.82) is 0 Å². The Morgan fingerprint density at radius 1 is 0.769 bits per heavy atom. The monoisotopic (exact) mass is 208 g/mol. The van der Waals surface area contributed by atoms with Crippen molar-refractivity contribution in [2.45, 2.75) is 0 Å². The van der Waals surface area contributed by atoms with Crippen LogP contribution in [0.4, 0.5) is 14.4 Å². The van der Waals surface area contributed by atoms with E-state index in [9.17, 15) is 14.4 Å². The van der Waals surface area contributed by atoms with Gasteiger partial charge >= 0.3 is 17.1 Å². The molecule has 0 aromatic carbocycles. The van der Waals surface area contributed by atoms with Gasteiger partial charge in [0.05, 0.1) is 21.3 Å². The molecule has 0 radical (unpaired) electrons. The second kappa shape index (κ2) is 5.48. The maximum Gasteiger partial charge on any atom is 0.349 e. The second-order valence-corrected chi connectivity index (χ2v) is 3.51. The van der Waals surface area contributed by atoms with Crippen molar-refractivity contribution in [3.8, 4) is 0 Å². The predicted octanol–water partition coefficient (Wildman–Crippen LogP) is 1.77. The van der Waals surface area contributed by atoms with Gasteiger partial charge in [-0.15, -0.1) is 0 Å². The molecule has 0 fully saturated rings. The molecule has 0 aliphatic carbocycles. The van der Waals surface area contributed by atoms with Crippen molar-refractivity contribution in [2.24, 2.45) is 0 Å². The summed E-state index contributed by atoms with van der Waals surface area (Å²) in [6.45, 7) is 0. The minimum atomic E-state index is -2.33. The van der Waals surface area contributed by atoms with E-state index < -0.39 is 25.1 Å². The molecule has 0 saturated heterocycles. The summed E-state index contributed by atoms with van der Waals surface area (Å²) in [5.41, 5.74) is -2.81. The minimum Gasteiger partial charge on any atom is -0.465 e. The van der Waals surface area contributed by atoms with E-state index in [0.717, 1.165) is 21.3 Å². The first-order chi connectivity index (χ1) is 6.08. The molecule has 0 atom stereocenters. The molecule has 0 unspecified atom stereocenters. The first-order valence-corrected chi connectivity index (χ1v) is 4.46. The fraction of sp³-hybridized carbons (Fsp3) is 0.500. The van der Waals surface area contributed by atoms with E-state index in [1.807, 2.05) is 0 Å². The van der Waals surface area contributed by atoms with E-state index in [0.29, 0.717) is 0 Å². The molecule has 13 heavy (non-hydrogen) atoms. The summed E-state index contributed by atoms with van der Waals surface area (Å²) in [5, 5.41) is 0. The largest absolute Gasteiger partial charge is 0.465 e. The first-order valence-electron chi connectivity index (χ1n) is 3.12. The number of rotatable bonds is 3. The van der Waals surface area contributed by atoms with Gasteiger partial charge in [-0.05, 0) is 0 Å². The van der Waals surface area contributed by atoms with Gasteiger partial charge in [-0.3, -0.25) is 0 Å². The lowest BCUT2D eigenvalue weighted by Crippen LogP contribution is -2.12. The Hall–Kier alpha value is -1.16. The van der Waals surface area contributed by atoms with Gasteiger partial charge in [0.25, 0.3) is 0 Å². The number of hydrogen-bond donors (Lipinski definition) is 0. The van der Waals surface area contributed by atoms with Gasteiger partial charge in [-0.2, -0.15) is 0 Å². The molecule has 74 valence electrons. The van der Waals surface area contributed by atoms with Crippen LogP contribution in [0, 0.1) is 0 Å². The Bertz CT molecular complexity index is 187. The van der Waals surface area contributed by atoms with Crippen molar-refractivity contribution in [3.63, 3.8) is 0 Å². The standard InChI is InChI=1S/C6H9O6P/c1-10-4(7)13(5(8)11-2)6(9)12-3/h1-3H3. The molecule has 0 aromatic rings. The Morgan fingerprint density at radius 3 is 1.15 bits per heavy atom. The lowest BCUT2D eigenvalue weighted by Gasteiger charge is -2.08. The van der Waals surface area contributed by atoms with Crippen molar-refractivity contribution in [1.82, 2.24) is 0 Å². The number of hydrogen-bond acceptors (Lipinski definition) is 6. The van der Waals surface area contributed by atoms with Gasteiger partial charge < -0.3 is 14.2 Å². The fourth-order valence-corrected chi connectivity index (χ4v) is 1.49. The van der Waals surface area contributed by atoms with Crippen molar-refractivity contribution in [3.05, 3.63) is 0 Å². The van der Waals surface area contributed by atoms with Gasteiger partial charge in [0.1, 0.15) is 0 Å². The average Bonchev–Trinajstić information content (AvgIpc) is 2.16. The molecule has 0 heterocycles. The molecule has 0 rings (SSSR count). The van der Waals surface area contributed by atoms with Crippen LogP contribution in [-0.4, -0.2) is 38.5 Å². The third-order valence-corrected chi connectivity index (χ3v) is 2.71. The smallest absolute Gasteiger partial charge is 0.349 e. The summed E-state index contributed by atoms with van der Waals surface area (Å²) in [4.78, 5) is 32.8. The Kier molecular flexibility index (Phi) is 4.99. The molecule has 0 spiro atoms. The van der Waals surface area contributed by atoms with E-state index in [1.54, 1.807) is 0 Å². The second-order valence-electron chi connectivity index (χ2n) is 1.75. The Balaban J connectivity index is 4.64. The normalized spacial score (nSPS) is 9.23. The molecule has 0 N–H and O–H groups in total. The highest BCUT2D eigenvalue weighted by atomic mass is 31.1. The fourth-order valence-electron chi connectivity index (χ4n) is 0.497. The van der Waals surface area contributed by atoms with Crippen molar-refractivity contribution < 1.29 is 28.6 Å². The van der Waals surface area contributed by atoms with E-state index in [2.05, 4.69) is 14.2 Å². The topological polar surface area (TPSA) is 78.9 Å². The molecular weight excluding hydrogens is 199 g/mol. The number of carbonyl (C=O) groups is 3. The summed E-state index contributed by atoms with van der Waals surface area (Å²) >= 11 is 0. The van der Waals surface area contributed by atoms with Gasteiger partial charge in [0, 0.05) is 0 Å². The molecule has 0 aliphatic rings. The molecular formula is C6H9O6P. The van der Waals surface area contributed by atoms with Gasteiger partial charge in [-0.1, -0.05) is 0 Å². The predicted molar refractivity (Wildman–Crippen MR) is 44.1 cm³/mol. The van der Waals surface area contributed by atoms with E-state index >= 15 is 0 Å². The summed E-state index contributed by atoms with van der Waals surface area (Å²) in [6, 6.07) is 0. The van der Waals surface area contributed by atoms with Crippen LogP contribution < -0.4 is 0 Å². The van der Waals surface area contributed by atoms with Gasteiger partial charge in [-0.25, -0.2) is 14.4 Å². The summed E-state index contributed by atoms with van der Waals surface area (Å²) < 4.78 is 12.7. The zero-order valence-electron chi connectivity index (χ0n) is 7.40. The minimum absolute atomic E-state index is 0.936. The molecule has 0 aliphatic heterocycles. The highest BCUT2D eigenvalue weighted by molar-refractivity contribution is 8.00. The first kappa shape index (κ1) is 11.8. The summed E-state index contributed by atoms with van der Waals surface area (Å²) in [7, 11) is 0.891. The average molecular weight is 208 g/mol. The molecule has 0 aromatic heterocycles. The van der Waals surface area contributed by atoms with Crippen LogP contribution in [-0.2, 0) is 14.2 Å². The van der Waals surface area contributed by atoms with Crippen LogP contribution in [0.25, 0.3) is 0 Å². The van der Waals surface area contributed by atoms with Crippen LogP contribution in [0.15, 0.2) is 0 Å². The van der Waals surface area contributed by atoms with E-state index in [-0.39, 0.29) is 0 Å². The Labute approximate surface area is 75.9 Å². The lowest BCUT2D eigenvalue weighted by atomic mass is 11.4. The number of methoxy groups -OCH3 is 3. The molecule has 0 bridgehead atoms. The van der Waals surface area contributed by atoms with E-state index in [4.69, 9.17) is 0 Å². The summed E-state index contributed by atoms with van der Waals surface area (Å²) in [5.74, 6) is 0. The van der Waals surface area contributed by atoms with Crippen LogP contribution in [0.5, 0.6) is 0 Å². The van der Waals surface area contributed by atoms with Gasteiger partial charge in [0.2, 0.25) is 7.92 Å². The summed E-state index contributed by atoms with van der Waals surface area (Å²) in [6.07, 6.45) is 0. The highest BCUT2D eigenvalue weighted by Crippen LogP contribution is 2.41. The third kappa shape index (κ3) is 2.99. The van der Waals surface area contributed by atoms with Crippen LogP contribution in [0.1, 0.15) is 0 Å². The molecule has 7 heteroatoms. The van der Waals surface area contributed by atoms with Gasteiger partial charge in [0.15, 0.2) is 0 Å². The molecule has 0 saturated carbocycles. The Morgan fingerprint density at radius 2 is 1.00 bits per heavy atom. The highest BCUT2D eigenvalue weighted by Gasteiger charge is 2.37. The number of carbonyl (C=O) groups excluding carboxylic acids is 3. The van der Waals surface area contributed by atoms with Crippen molar-refractivity contribution >= 4 is 25.1 Å². The molecule has 6 nitrogen and oxygen atoms in total. The van der Waals surface area contributed by atoms with Crippen LogP contribution >= 0.6 is 7.92 Å². The van der Waals surface area contributed by atoms with Crippen molar-refractivity contribution in [2.75, 3.05) is 21.3 Å². The maximum atomic E-state index is 10.9. The zero-order valence-corrected chi connectivity index (χ0v) is 8.29. The quantitative estimate of drug-likeness (QED) is 0.519.